The number of nitrogens with one attached hydrogen (secondary N) is 1. The smallest absolute Gasteiger partial charge is 0.160 e. The summed E-state index contributed by atoms with van der Waals surface area (Å²) < 4.78 is 7.08. The molecule has 1 heterocycles. The predicted octanol–water partition coefficient (Wildman–Crippen LogP) is 2.96. The number of nitrogens with zero attached hydrogens (tertiary/aromatic N) is 2. The summed E-state index contributed by atoms with van der Waals surface area (Å²) in [5, 5.41) is 17.3. The standard InChI is InChI=1S/C16H23N3O2.ClH/c1-12(2)10-19-11-14(9-18-19)8-17-7-13-4-5-15(20)16(6-13)21-3;/h4-6,9,11-12,17,20H,7-8,10H2,1-3H3;1H. The molecule has 0 bridgehead atoms. The van der Waals surface area contributed by atoms with Crippen LogP contribution in [-0.4, -0.2) is 22.0 Å². The molecular formula is C16H24ClN3O2. The third-order valence-electron chi connectivity index (χ3n) is 3.14. The number of halogens is 1. The molecule has 0 aliphatic carbocycles. The van der Waals surface area contributed by atoms with Crippen LogP contribution >= 0.6 is 12.4 Å². The molecule has 22 heavy (non-hydrogen) atoms. The first-order valence-electron chi connectivity index (χ1n) is 7.16. The number of aromatic nitrogens is 2. The maximum atomic E-state index is 9.56. The molecule has 5 nitrogen and oxygen atoms in total. The van der Waals surface area contributed by atoms with E-state index in [0.29, 0.717) is 18.2 Å². The summed E-state index contributed by atoms with van der Waals surface area (Å²) in [4.78, 5) is 0. The van der Waals surface area contributed by atoms with Crippen molar-refractivity contribution in [2.75, 3.05) is 7.11 Å². The van der Waals surface area contributed by atoms with Crippen LogP contribution in [0, 0.1) is 5.92 Å². The van der Waals surface area contributed by atoms with Crippen LogP contribution in [0.4, 0.5) is 0 Å². The Morgan fingerprint density at radius 1 is 1.27 bits per heavy atom. The summed E-state index contributed by atoms with van der Waals surface area (Å²) in [7, 11) is 1.55. The lowest BCUT2D eigenvalue weighted by molar-refractivity contribution is 0.373. The van der Waals surface area contributed by atoms with Crippen molar-refractivity contribution < 1.29 is 9.84 Å². The minimum absolute atomic E-state index is 0. The van der Waals surface area contributed by atoms with Crippen molar-refractivity contribution in [3.63, 3.8) is 0 Å². The number of methoxy groups -OCH3 is 1. The third kappa shape index (κ3) is 5.24. The molecular weight excluding hydrogens is 302 g/mol. The zero-order valence-corrected chi connectivity index (χ0v) is 14.1. The highest BCUT2D eigenvalue weighted by Gasteiger charge is 2.04. The molecule has 0 fully saturated rings. The Labute approximate surface area is 137 Å². The van der Waals surface area contributed by atoms with Crippen molar-refractivity contribution in [1.82, 2.24) is 15.1 Å². The average molecular weight is 326 g/mol. The fourth-order valence-electron chi connectivity index (χ4n) is 2.15. The van der Waals surface area contributed by atoms with E-state index in [9.17, 15) is 5.11 Å². The number of benzene rings is 1. The van der Waals surface area contributed by atoms with Crippen LogP contribution in [0.1, 0.15) is 25.0 Å². The third-order valence-corrected chi connectivity index (χ3v) is 3.14. The topological polar surface area (TPSA) is 59.3 Å². The van der Waals surface area contributed by atoms with E-state index in [1.165, 1.54) is 5.56 Å². The van der Waals surface area contributed by atoms with Crippen LogP contribution in [0.15, 0.2) is 30.6 Å². The Morgan fingerprint density at radius 3 is 2.68 bits per heavy atom. The lowest BCUT2D eigenvalue weighted by Gasteiger charge is -2.07. The van der Waals surface area contributed by atoms with Crippen molar-refractivity contribution in [2.45, 2.75) is 33.5 Å². The second kappa shape index (κ2) is 8.66. The fraction of sp³-hybridized carbons (Fsp3) is 0.438. The van der Waals surface area contributed by atoms with E-state index in [1.54, 1.807) is 13.2 Å². The van der Waals surface area contributed by atoms with Crippen LogP contribution in [-0.2, 0) is 19.6 Å². The predicted molar refractivity (Wildman–Crippen MR) is 89.5 cm³/mol. The zero-order chi connectivity index (χ0) is 15.2. The van der Waals surface area contributed by atoms with Crippen molar-refractivity contribution in [3.05, 3.63) is 41.7 Å². The molecule has 2 N–H and O–H groups in total. The van der Waals surface area contributed by atoms with Gasteiger partial charge in [-0.15, -0.1) is 12.4 Å². The van der Waals surface area contributed by atoms with Crippen molar-refractivity contribution >= 4 is 12.4 Å². The second-order valence-corrected chi connectivity index (χ2v) is 5.57. The molecule has 0 aliphatic heterocycles. The Bertz CT molecular complexity index is 585. The van der Waals surface area contributed by atoms with E-state index in [2.05, 4.69) is 30.5 Å². The summed E-state index contributed by atoms with van der Waals surface area (Å²) in [6, 6.07) is 5.37. The minimum atomic E-state index is 0. The van der Waals surface area contributed by atoms with Gasteiger partial charge < -0.3 is 15.2 Å². The molecule has 0 saturated heterocycles. The van der Waals surface area contributed by atoms with Gasteiger partial charge in [-0.05, 0) is 23.6 Å². The summed E-state index contributed by atoms with van der Waals surface area (Å²) in [6.07, 6.45) is 3.97. The molecule has 0 unspecified atom stereocenters. The molecule has 1 aromatic heterocycles. The van der Waals surface area contributed by atoms with Gasteiger partial charge >= 0.3 is 0 Å². The van der Waals surface area contributed by atoms with Crippen LogP contribution in [0.2, 0.25) is 0 Å². The molecule has 122 valence electrons. The maximum absolute atomic E-state index is 9.56. The normalized spacial score (nSPS) is 10.5. The first kappa shape index (κ1) is 18.3. The highest BCUT2D eigenvalue weighted by molar-refractivity contribution is 5.85. The Balaban J connectivity index is 0.00000242. The zero-order valence-electron chi connectivity index (χ0n) is 13.2. The van der Waals surface area contributed by atoms with Gasteiger partial charge in [0.05, 0.1) is 13.3 Å². The van der Waals surface area contributed by atoms with Gasteiger partial charge in [0.1, 0.15) is 0 Å². The molecule has 0 aliphatic rings. The van der Waals surface area contributed by atoms with Gasteiger partial charge in [-0.3, -0.25) is 4.68 Å². The number of hydrogen-bond donors (Lipinski definition) is 2. The highest BCUT2D eigenvalue weighted by Crippen LogP contribution is 2.26. The van der Waals surface area contributed by atoms with E-state index in [4.69, 9.17) is 4.74 Å². The van der Waals surface area contributed by atoms with Gasteiger partial charge in [-0.25, -0.2) is 0 Å². The Morgan fingerprint density at radius 2 is 2.00 bits per heavy atom. The van der Waals surface area contributed by atoms with E-state index in [-0.39, 0.29) is 18.2 Å². The average Bonchev–Trinajstić information content (AvgIpc) is 2.87. The van der Waals surface area contributed by atoms with Crippen molar-refractivity contribution in [1.29, 1.82) is 0 Å². The molecule has 0 radical (unpaired) electrons. The van der Waals surface area contributed by atoms with Crippen LogP contribution in [0.5, 0.6) is 11.5 Å². The Hall–Kier alpha value is -1.72. The highest BCUT2D eigenvalue weighted by atomic mass is 35.5. The lowest BCUT2D eigenvalue weighted by atomic mass is 10.2. The van der Waals surface area contributed by atoms with E-state index in [0.717, 1.165) is 18.7 Å². The SMILES string of the molecule is COc1cc(CNCc2cnn(CC(C)C)c2)ccc1O.Cl. The number of phenolic OH excluding ortho intramolecular Hbond substituents is 1. The van der Waals surface area contributed by atoms with Gasteiger partial charge in [-0.2, -0.15) is 5.10 Å². The second-order valence-electron chi connectivity index (χ2n) is 5.57. The first-order valence-corrected chi connectivity index (χ1v) is 7.16. The largest absolute Gasteiger partial charge is 0.504 e. The molecule has 0 spiro atoms. The molecule has 0 atom stereocenters. The summed E-state index contributed by atoms with van der Waals surface area (Å²) in [5.41, 5.74) is 2.24. The number of phenols is 1. The minimum Gasteiger partial charge on any atom is -0.504 e. The number of ether oxygens (including phenoxy) is 1. The van der Waals surface area contributed by atoms with Gasteiger partial charge in [-0.1, -0.05) is 19.9 Å². The van der Waals surface area contributed by atoms with Crippen molar-refractivity contribution in [2.24, 2.45) is 5.92 Å². The van der Waals surface area contributed by atoms with Crippen LogP contribution in [0.25, 0.3) is 0 Å². The quantitative estimate of drug-likeness (QED) is 0.821. The molecule has 1 aromatic carbocycles. The number of rotatable bonds is 7. The van der Waals surface area contributed by atoms with E-state index >= 15 is 0 Å². The van der Waals surface area contributed by atoms with Gasteiger partial charge in [0, 0.05) is 31.4 Å². The number of hydrogen-bond acceptors (Lipinski definition) is 4. The molecule has 2 rings (SSSR count). The number of aromatic hydroxyl groups is 1. The fourth-order valence-corrected chi connectivity index (χ4v) is 2.15. The van der Waals surface area contributed by atoms with E-state index in [1.807, 2.05) is 23.0 Å². The molecule has 6 heteroatoms. The molecule has 0 amide bonds. The van der Waals surface area contributed by atoms with Gasteiger partial charge in [0.2, 0.25) is 0 Å². The van der Waals surface area contributed by atoms with E-state index < -0.39 is 0 Å². The Kier molecular flexibility index (Phi) is 7.21. The van der Waals surface area contributed by atoms with Gasteiger partial charge in [0.25, 0.3) is 0 Å². The molecule has 0 saturated carbocycles. The first-order chi connectivity index (χ1) is 10.1. The van der Waals surface area contributed by atoms with Gasteiger partial charge in [0.15, 0.2) is 11.5 Å². The maximum Gasteiger partial charge on any atom is 0.160 e. The van der Waals surface area contributed by atoms with Crippen molar-refractivity contribution in [3.8, 4) is 11.5 Å². The summed E-state index contributed by atoms with van der Waals surface area (Å²) >= 11 is 0. The van der Waals surface area contributed by atoms with Crippen LogP contribution < -0.4 is 10.1 Å². The monoisotopic (exact) mass is 325 g/mol. The molecule has 2 aromatic rings. The lowest BCUT2D eigenvalue weighted by Crippen LogP contribution is -2.12. The summed E-state index contributed by atoms with van der Waals surface area (Å²) in [6.45, 7) is 6.78. The summed E-state index contributed by atoms with van der Waals surface area (Å²) in [5.74, 6) is 1.26. The van der Waals surface area contributed by atoms with Crippen LogP contribution in [0.3, 0.4) is 0 Å².